The van der Waals surface area contributed by atoms with Crippen LogP contribution in [-0.2, 0) is 6.54 Å². The summed E-state index contributed by atoms with van der Waals surface area (Å²) >= 11 is 1.48. The second-order valence-electron chi connectivity index (χ2n) is 2.84. The molecule has 13 heavy (non-hydrogen) atoms. The number of hydrogen-bond donors (Lipinski definition) is 2. The maximum atomic E-state index is 8.75. The van der Waals surface area contributed by atoms with Crippen LogP contribution >= 0.6 is 11.3 Å². The van der Waals surface area contributed by atoms with E-state index in [0.29, 0.717) is 6.54 Å². The molecule has 0 aliphatic heterocycles. The Kier molecular flexibility index (Phi) is 3.90. The molecule has 1 heterocycles. The third-order valence-corrected chi connectivity index (χ3v) is 2.66. The summed E-state index contributed by atoms with van der Waals surface area (Å²) in [5.41, 5.74) is 0. The van der Waals surface area contributed by atoms with Crippen molar-refractivity contribution >= 4 is 11.3 Å². The van der Waals surface area contributed by atoms with Gasteiger partial charge in [-0.1, -0.05) is 0 Å². The van der Waals surface area contributed by atoms with Crippen molar-refractivity contribution in [3.05, 3.63) is 21.9 Å². The molecule has 0 unspecified atom stereocenters. The second kappa shape index (κ2) is 4.97. The topological polar surface area (TPSA) is 56.0 Å². The van der Waals surface area contributed by atoms with E-state index in [-0.39, 0.29) is 12.6 Å². The van der Waals surface area contributed by atoms with Gasteiger partial charge in [-0.15, -0.1) is 11.3 Å². The summed E-state index contributed by atoms with van der Waals surface area (Å²) in [7, 11) is 0. The summed E-state index contributed by atoms with van der Waals surface area (Å²) in [6.07, 6.45) is 0. The largest absolute Gasteiger partial charge is 0.395 e. The van der Waals surface area contributed by atoms with Crippen molar-refractivity contribution in [1.82, 2.24) is 5.32 Å². The lowest BCUT2D eigenvalue weighted by molar-refractivity contribution is 0.251. The minimum absolute atomic E-state index is 0.104. The Morgan fingerprint density at radius 3 is 3.00 bits per heavy atom. The summed E-state index contributed by atoms with van der Waals surface area (Å²) in [5.74, 6) is 0. The average molecular weight is 196 g/mol. The van der Waals surface area contributed by atoms with Gasteiger partial charge in [0, 0.05) is 17.5 Å². The molecule has 4 heteroatoms. The van der Waals surface area contributed by atoms with Crippen LogP contribution in [0.3, 0.4) is 0 Å². The average Bonchev–Trinajstić information content (AvgIpc) is 2.61. The van der Waals surface area contributed by atoms with Crippen molar-refractivity contribution in [2.75, 3.05) is 6.61 Å². The molecular formula is C9H12N2OS. The Balaban J connectivity index is 2.42. The number of nitrogens with one attached hydrogen (secondary N) is 1. The molecule has 70 valence electrons. The third-order valence-electron chi connectivity index (χ3n) is 1.67. The third kappa shape index (κ3) is 3.15. The van der Waals surface area contributed by atoms with Gasteiger partial charge in [-0.05, 0) is 19.1 Å². The molecule has 0 saturated carbocycles. The summed E-state index contributed by atoms with van der Waals surface area (Å²) < 4.78 is 0. The molecule has 1 aromatic heterocycles. The highest BCUT2D eigenvalue weighted by Gasteiger charge is 2.01. The minimum atomic E-state index is 0.104. The summed E-state index contributed by atoms with van der Waals surface area (Å²) in [6.45, 7) is 2.77. The number of nitrogens with zero attached hydrogens (tertiary/aromatic N) is 1. The van der Waals surface area contributed by atoms with Crippen LogP contribution in [-0.4, -0.2) is 17.8 Å². The maximum absolute atomic E-state index is 8.75. The zero-order valence-corrected chi connectivity index (χ0v) is 8.27. The zero-order chi connectivity index (χ0) is 9.68. The van der Waals surface area contributed by atoms with Crippen LogP contribution in [0.2, 0.25) is 0 Å². The normalized spacial score (nSPS) is 12.4. The molecule has 0 saturated heterocycles. The van der Waals surface area contributed by atoms with Gasteiger partial charge in [-0.25, -0.2) is 0 Å². The molecule has 0 fully saturated rings. The Bertz CT molecular complexity index is 303. The molecule has 1 aromatic rings. The van der Waals surface area contributed by atoms with Gasteiger partial charge in [0.2, 0.25) is 0 Å². The number of nitriles is 1. The predicted molar refractivity (Wildman–Crippen MR) is 52.4 cm³/mol. The Morgan fingerprint density at radius 2 is 2.46 bits per heavy atom. The Hall–Kier alpha value is -0.890. The van der Waals surface area contributed by atoms with Crippen LogP contribution in [0.1, 0.15) is 16.7 Å². The van der Waals surface area contributed by atoms with Gasteiger partial charge in [-0.3, -0.25) is 0 Å². The van der Waals surface area contributed by atoms with Gasteiger partial charge in [0.1, 0.15) is 10.9 Å². The lowest BCUT2D eigenvalue weighted by Crippen LogP contribution is -2.28. The van der Waals surface area contributed by atoms with Crippen LogP contribution in [0, 0.1) is 11.3 Å². The fourth-order valence-electron chi connectivity index (χ4n) is 0.872. The van der Waals surface area contributed by atoms with Crippen LogP contribution < -0.4 is 5.32 Å². The molecule has 0 aromatic carbocycles. The molecule has 0 amide bonds. The van der Waals surface area contributed by atoms with E-state index in [1.807, 2.05) is 19.1 Å². The molecule has 0 radical (unpaired) electrons. The monoisotopic (exact) mass is 196 g/mol. The van der Waals surface area contributed by atoms with Crippen molar-refractivity contribution in [2.24, 2.45) is 0 Å². The van der Waals surface area contributed by atoms with E-state index in [2.05, 4.69) is 11.4 Å². The fraction of sp³-hybridized carbons (Fsp3) is 0.444. The summed E-state index contributed by atoms with van der Waals surface area (Å²) in [4.78, 5) is 1.85. The van der Waals surface area contributed by atoms with Gasteiger partial charge in [-0.2, -0.15) is 5.26 Å². The van der Waals surface area contributed by atoms with Gasteiger partial charge < -0.3 is 10.4 Å². The highest BCUT2D eigenvalue weighted by atomic mass is 32.1. The first kappa shape index (κ1) is 10.2. The first-order valence-corrected chi connectivity index (χ1v) is 4.91. The standard InChI is InChI=1S/C9H12N2OS/c1-7(6-12)11-5-9-3-2-8(4-10)13-9/h2-3,7,11-12H,5-6H2,1H3/t7-/m0/s1. The molecule has 0 aliphatic rings. The quantitative estimate of drug-likeness (QED) is 0.758. The summed E-state index contributed by atoms with van der Waals surface area (Å²) in [6, 6.07) is 5.94. The summed E-state index contributed by atoms with van der Waals surface area (Å²) in [5, 5.41) is 20.5. The molecule has 1 rings (SSSR count). The van der Waals surface area contributed by atoms with Crippen molar-refractivity contribution in [1.29, 1.82) is 5.26 Å². The Morgan fingerprint density at radius 1 is 1.69 bits per heavy atom. The van der Waals surface area contributed by atoms with Gasteiger partial charge in [0.05, 0.1) is 6.61 Å². The van der Waals surface area contributed by atoms with Crippen LogP contribution in [0.5, 0.6) is 0 Å². The van der Waals surface area contributed by atoms with Crippen molar-refractivity contribution in [3.8, 4) is 6.07 Å². The second-order valence-corrected chi connectivity index (χ2v) is 4.01. The fourth-order valence-corrected chi connectivity index (χ4v) is 1.63. The van der Waals surface area contributed by atoms with Gasteiger partial charge in [0.15, 0.2) is 0 Å². The van der Waals surface area contributed by atoms with Crippen molar-refractivity contribution in [2.45, 2.75) is 19.5 Å². The van der Waals surface area contributed by atoms with E-state index in [9.17, 15) is 0 Å². The number of rotatable bonds is 4. The van der Waals surface area contributed by atoms with E-state index in [4.69, 9.17) is 10.4 Å². The van der Waals surface area contributed by atoms with E-state index >= 15 is 0 Å². The number of aliphatic hydroxyl groups excluding tert-OH is 1. The van der Waals surface area contributed by atoms with Crippen LogP contribution in [0.15, 0.2) is 12.1 Å². The van der Waals surface area contributed by atoms with Gasteiger partial charge >= 0.3 is 0 Å². The van der Waals surface area contributed by atoms with Crippen molar-refractivity contribution < 1.29 is 5.11 Å². The number of thiophene rings is 1. The zero-order valence-electron chi connectivity index (χ0n) is 7.45. The SMILES string of the molecule is C[C@@H](CO)NCc1ccc(C#N)s1. The number of aliphatic hydroxyl groups is 1. The first-order chi connectivity index (χ1) is 6.26. The van der Waals surface area contributed by atoms with E-state index in [1.54, 1.807) is 0 Å². The van der Waals surface area contributed by atoms with E-state index in [0.717, 1.165) is 9.75 Å². The minimum Gasteiger partial charge on any atom is -0.395 e. The molecule has 2 N–H and O–H groups in total. The molecule has 0 aliphatic carbocycles. The number of hydrogen-bond acceptors (Lipinski definition) is 4. The molecule has 0 spiro atoms. The van der Waals surface area contributed by atoms with Crippen LogP contribution in [0.4, 0.5) is 0 Å². The van der Waals surface area contributed by atoms with Crippen LogP contribution in [0.25, 0.3) is 0 Å². The lowest BCUT2D eigenvalue weighted by Gasteiger charge is -2.08. The molecule has 0 bridgehead atoms. The first-order valence-electron chi connectivity index (χ1n) is 4.09. The molecular weight excluding hydrogens is 184 g/mol. The van der Waals surface area contributed by atoms with Gasteiger partial charge in [0.25, 0.3) is 0 Å². The lowest BCUT2D eigenvalue weighted by atomic mass is 10.3. The van der Waals surface area contributed by atoms with Crippen molar-refractivity contribution in [3.63, 3.8) is 0 Å². The maximum Gasteiger partial charge on any atom is 0.110 e. The molecule has 3 nitrogen and oxygen atoms in total. The van der Waals surface area contributed by atoms with E-state index in [1.165, 1.54) is 11.3 Å². The highest BCUT2D eigenvalue weighted by molar-refractivity contribution is 7.12. The predicted octanol–water partition coefficient (Wildman–Crippen LogP) is 1.09. The Labute approximate surface area is 81.6 Å². The highest BCUT2D eigenvalue weighted by Crippen LogP contribution is 2.14. The smallest absolute Gasteiger partial charge is 0.110 e. The van der Waals surface area contributed by atoms with E-state index < -0.39 is 0 Å². The molecule has 1 atom stereocenters.